The molecule has 0 radical (unpaired) electrons. The zero-order valence-corrected chi connectivity index (χ0v) is 17.9. The molecule has 3 aromatic carbocycles. The Kier molecular flexibility index (Phi) is 6.05. The second kappa shape index (κ2) is 8.90. The zero-order chi connectivity index (χ0) is 21.8. The molecule has 0 saturated carbocycles. The second-order valence-electron chi connectivity index (χ2n) is 7.38. The van der Waals surface area contributed by atoms with Crippen molar-refractivity contribution in [1.29, 1.82) is 0 Å². The van der Waals surface area contributed by atoms with Crippen LogP contribution >= 0.6 is 11.8 Å². The number of ether oxygens (including phenoxy) is 1. The predicted octanol–water partition coefficient (Wildman–Crippen LogP) is 5.19. The van der Waals surface area contributed by atoms with Gasteiger partial charge < -0.3 is 4.74 Å². The van der Waals surface area contributed by atoms with Crippen LogP contribution in [0.4, 0.5) is 0 Å². The van der Waals surface area contributed by atoms with Crippen LogP contribution in [-0.2, 0) is 9.53 Å². The first-order chi connectivity index (χ1) is 15.1. The van der Waals surface area contributed by atoms with E-state index in [9.17, 15) is 14.4 Å². The van der Waals surface area contributed by atoms with Crippen LogP contribution in [0.1, 0.15) is 39.1 Å². The van der Waals surface area contributed by atoms with Gasteiger partial charge in [0.1, 0.15) is 0 Å². The number of rotatable bonds is 6. The summed E-state index contributed by atoms with van der Waals surface area (Å²) in [6.45, 7) is 1.83. The first-order valence-corrected chi connectivity index (χ1v) is 11.2. The molecule has 0 fully saturated rings. The monoisotopic (exact) mass is 430 g/mol. The van der Waals surface area contributed by atoms with Gasteiger partial charge in [0, 0.05) is 21.8 Å². The molecule has 3 aromatic rings. The quantitative estimate of drug-likeness (QED) is 0.306. The van der Waals surface area contributed by atoms with Crippen LogP contribution in [0.3, 0.4) is 0 Å². The molecule has 0 aromatic heterocycles. The molecule has 0 spiro atoms. The lowest BCUT2D eigenvalue weighted by molar-refractivity contribution is -0.151. The van der Waals surface area contributed by atoms with Gasteiger partial charge in [-0.15, -0.1) is 11.8 Å². The summed E-state index contributed by atoms with van der Waals surface area (Å²) in [5.74, 6) is -2.10. The van der Waals surface area contributed by atoms with Gasteiger partial charge in [0.25, 0.3) is 0 Å². The molecule has 0 saturated heterocycles. The summed E-state index contributed by atoms with van der Waals surface area (Å²) in [7, 11) is 0. The maximum atomic E-state index is 13.9. The van der Waals surface area contributed by atoms with E-state index in [1.54, 1.807) is 43.3 Å². The SMILES string of the molecule is CCOC(=O)[C@]1(CSc2ccccc2)C(=O)c2ccccc2C(=O)[C@H]1c1ccccc1. The number of carbonyl (C=O) groups is 3. The highest BCUT2D eigenvalue weighted by atomic mass is 32.2. The van der Waals surface area contributed by atoms with Crippen molar-refractivity contribution in [3.05, 3.63) is 102 Å². The summed E-state index contributed by atoms with van der Waals surface area (Å²) >= 11 is 1.38. The van der Waals surface area contributed by atoms with E-state index >= 15 is 0 Å². The first kappa shape index (κ1) is 21.1. The molecule has 31 heavy (non-hydrogen) atoms. The Hall–Kier alpha value is -3.18. The van der Waals surface area contributed by atoms with E-state index in [0.717, 1.165) is 4.90 Å². The van der Waals surface area contributed by atoms with Crippen molar-refractivity contribution in [3.63, 3.8) is 0 Å². The number of benzene rings is 3. The number of Topliss-reactive ketones (excluding diaryl/α,β-unsaturated/α-hetero) is 2. The number of fused-ring (bicyclic) bond motifs is 1. The minimum Gasteiger partial charge on any atom is -0.465 e. The van der Waals surface area contributed by atoms with Crippen LogP contribution in [-0.4, -0.2) is 29.9 Å². The van der Waals surface area contributed by atoms with E-state index in [-0.39, 0.29) is 29.5 Å². The molecule has 0 bridgehead atoms. The number of esters is 1. The Morgan fingerprint density at radius 3 is 2.10 bits per heavy atom. The van der Waals surface area contributed by atoms with Crippen LogP contribution < -0.4 is 0 Å². The second-order valence-corrected chi connectivity index (χ2v) is 8.42. The molecule has 5 heteroatoms. The van der Waals surface area contributed by atoms with Crippen molar-refractivity contribution in [2.75, 3.05) is 12.4 Å². The fourth-order valence-corrected chi connectivity index (χ4v) is 5.28. The molecule has 0 unspecified atom stereocenters. The van der Waals surface area contributed by atoms with E-state index in [2.05, 4.69) is 0 Å². The third kappa shape index (κ3) is 3.70. The molecule has 1 aliphatic carbocycles. The third-order valence-corrected chi connectivity index (χ3v) is 6.78. The highest BCUT2D eigenvalue weighted by Gasteiger charge is 2.60. The molecule has 4 nitrogen and oxygen atoms in total. The van der Waals surface area contributed by atoms with Gasteiger partial charge in [-0.1, -0.05) is 72.8 Å². The van der Waals surface area contributed by atoms with Gasteiger partial charge in [0.05, 0.1) is 12.5 Å². The number of hydrogen-bond donors (Lipinski definition) is 0. The largest absolute Gasteiger partial charge is 0.465 e. The van der Waals surface area contributed by atoms with Crippen LogP contribution in [0.5, 0.6) is 0 Å². The minimum atomic E-state index is -1.65. The summed E-state index contributed by atoms with van der Waals surface area (Å²) in [6.07, 6.45) is 0. The van der Waals surface area contributed by atoms with Gasteiger partial charge in [-0.3, -0.25) is 14.4 Å². The van der Waals surface area contributed by atoms with Gasteiger partial charge >= 0.3 is 5.97 Å². The lowest BCUT2D eigenvalue weighted by Crippen LogP contribution is -2.53. The highest BCUT2D eigenvalue weighted by Crippen LogP contribution is 2.49. The van der Waals surface area contributed by atoms with Crippen LogP contribution in [0.15, 0.2) is 89.8 Å². The van der Waals surface area contributed by atoms with Crippen molar-refractivity contribution in [2.45, 2.75) is 17.7 Å². The molecule has 0 amide bonds. The molecule has 0 N–H and O–H groups in total. The molecule has 156 valence electrons. The van der Waals surface area contributed by atoms with Crippen molar-refractivity contribution < 1.29 is 19.1 Å². The van der Waals surface area contributed by atoms with Gasteiger partial charge in [0.15, 0.2) is 17.0 Å². The Morgan fingerprint density at radius 1 is 0.871 bits per heavy atom. The Labute approximate surface area is 185 Å². The Balaban J connectivity index is 1.92. The topological polar surface area (TPSA) is 60.4 Å². The standard InChI is InChI=1S/C26H22O4S/c1-2-30-25(29)26(17-31-19-13-7-4-8-14-19)22(18-11-5-3-6-12-18)23(27)20-15-9-10-16-21(20)24(26)28/h3-16,22H,2,17H2,1H3/t22-,26+/m1/s1. The maximum Gasteiger partial charge on any atom is 0.321 e. The predicted molar refractivity (Wildman–Crippen MR) is 121 cm³/mol. The summed E-state index contributed by atoms with van der Waals surface area (Å²) in [5, 5.41) is 0. The van der Waals surface area contributed by atoms with Crippen molar-refractivity contribution in [3.8, 4) is 0 Å². The average Bonchev–Trinajstić information content (AvgIpc) is 2.82. The Morgan fingerprint density at radius 2 is 1.45 bits per heavy atom. The number of carbonyl (C=O) groups excluding carboxylic acids is 3. The van der Waals surface area contributed by atoms with E-state index in [1.807, 2.05) is 48.5 Å². The lowest BCUT2D eigenvalue weighted by Gasteiger charge is -2.40. The molecule has 2 atom stereocenters. The fraction of sp³-hybridized carbons (Fsp3) is 0.192. The van der Waals surface area contributed by atoms with E-state index in [0.29, 0.717) is 11.1 Å². The number of ketones is 2. The fourth-order valence-electron chi connectivity index (χ4n) is 4.12. The van der Waals surface area contributed by atoms with E-state index < -0.39 is 17.3 Å². The number of hydrogen-bond acceptors (Lipinski definition) is 5. The summed E-state index contributed by atoms with van der Waals surface area (Å²) in [5.41, 5.74) is -0.381. The molecular weight excluding hydrogens is 408 g/mol. The molecule has 1 aliphatic rings. The normalized spacial score (nSPS) is 20.2. The van der Waals surface area contributed by atoms with E-state index in [1.165, 1.54) is 11.8 Å². The van der Waals surface area contributed by atoms with Crippen molar-refractivity contribution in [1.82, 2.24) is 0 Å². The van der Waals surface area contributed by atoms with Crippen molar-refractivity contribution >= 4 is 29.3 Å². The van der Waals surface area contributed by atoms with Gasteiger partial charge in [-0.25, -0.2) is 0 Å². The Bertz CT molecular complexity index is 1110. The van der Waals surface area contributed by atoms with Crippen molar-refractivity contribution in [2.24, 2.45) is 5.41 Å². The lowest BCUT2D eigenvalue weighted by atomic mass is 9.61. The molecular formula is C26H22O4S. The molecule has 0 aliphatic heterocycles. The number of thioether (sulfide) groups is 1. The average molecular weight is 431 g/mol. The van der Waals surface area contributed by atoms with Crippen LogP contribution in [0.25, 0.3) is 0 Å². The molecule has 4 rings (SSSR count). The zero-order valence-electron chi connectivity index (χ0n) is 17.1. The smallest absolute Gasteiger partial charge is 0.321 e. The van der Waals surface area contributed by atoms with Crippen LogP contribution in [0.2, 0.25) is 0 Å². The third-order valence-electron chi connectivity index (χ3n) is 5.58. The molecule has 0 heterocycles. The maximum absolute atomic E-state index is 13.9. The minimum absolute atomic E-state index is 0.105. The summed E-state index contributed by atoms with van der Waals surface area (Å²) in [4.78, 5) is 42.1. The highest BCUT2D eigenvalue weighted by molar-refractivity contribution is 7.99. The first-order valence-electron chi connectivity index (χ1n) is 10.2. The van der Waals surface area contributed by atoms with Gasteiger partial charge in [0.2, 0.25) is 0 Å². The summed E-state index contributed by atoms with van der Waals surface area (Å²) < 4.78 is 5.43. The summed E-state index contributed by atoms with van der Waals surface area (Å²) in [6, 6.07) is 25.3. The van der Waals surface area contributed by atoms with E-state index in [4.69, 9.17) is 4.74 Å². The van der Waals surface area contributed by atoms with Gasteiger partial charge in [-0.2, -0.15) is 0 Å². The van der Waals surface area contributed by atoms with Crippen LogP contribution in [0, 0.1) is 5.41 Å². The van der Waals surface area contributed by atoms with Gasteiger partial charge in [-0.05, 0) is 24.6 Å².